The van der Waals surface area contributed by atoms with E-state index in [-0.39, 0.29) is 36.0 Å². The van der Waals surface area contributed by atoms with E-state index in [4.69, 9.17) is 13.9 Å². The molecule has 0 unspecified atom stereocenters. The number of halogens is 1. The third kappa shape index (κ3) is 3.59. The minimum atomic E-state index is -0.663. The molecule has 2 heterocycles. The molecule has 0 atom stereocenters. The van der Waals surface area contributed by atoms with Crippen molar-refractivity contribution in [3.63, 3.8) is 0 Å². The summed E-state index contributed by atoms with van der Waals surface area (Å²) in [6.45, 7) is 1.67. The van der Waals surface area contributed by atoms with Crippen LogP contribution in [0.4, 0.5) is 4.39 Å². The molecule has 0 N–H and O–H groups in total. The van der Waals surface area contributed by atoms with Crippen molar-refractivity contribution in [2.24, 2.45) is 0 Å². The van der Waals surface area contributed by atoms with Crippen LogP contribution < -0.4 is 4.74 Å². The summed E-state index contributed by atoms with van der Waals surface area (Å²) in [5.41, 5.74) is 0.209. The largest absolute Gasteiger partial charge is 0.490 e. The number of nitrogens with zero attached hydrogens (tertiary/aromatic N) is 2. The average Bonchev–Trinajstić information content (AvgIpc) is 3.27. The van der Waals surface area contributed by atoms with Crippen LogP contribution in [0.15, 0.2) is 53.2 Å². The van der Waals surface area contributed by atoms with Crippen molar-refractivity contribution in [1.82, 2.24) is 4.57 Å². The number of esters is 1. The summed E-state index contributed by atoms with van der Waals surface area (Å²) in [6.07, 6.45) is 3.43. The lowest BCUT2D eigenvalue weighted by atomic mass is 10.1. The molecule has 3 rings (SSSR count). The van der Waals surface area contributed by atoms with Gasteiger partial charge in [0.1, 0.15) is 47.7 Å². The highest BCUT2D eigenvalue weighted by atomic mass is 19.1. The molecule has 0 aliphatic carbocycles. The molecule has 3 aromatic rings. The molecular formula is C19H15FN2O4. The summed E-state index contributed by atoms with van der Waals surface area (Å²) in [5.74, 6) is 0.0133. The highest BCUT2D eigenvalue weighted by molar-refractivity contribution is 5.94. The number of ether oxygens (including phenoxy) is 2. The summed E-state index contributed by atoms with van der Waals surface area (Å²) >= 11 is 0. The molecule has 6 nitrogen and oxygen atoms in total. The average molecular weight is 354 g/mol. The molecule has 2 aromatic heterocycles. The van der Waals surface area contributed by atoms with Crippen LogP contribution >= 0.6 is 0 Å². The van der Waals surface area contributed by atoms with E-state index in [9.17, 15) is 14.4 Å². The predicted molar refractivity (Wildman–Crippen MR) is 89.7 cm³/mol. The second kappa shape index (κ2) is 7.57. The highest BCUT2D eigenvalue weighted by Gasteiger charge is 2.25. The first kappa shape index (κ1) is 17.3. The Morgan fingerprint density at radius 2 is 1.92 bits per heavy atom. The van der Waals surface area contributed by atoms with Gasteiger partial charge in [-0.05, 0) is 43.3 Å². The molecule has 0 saturated carbocycles. The van der Waals surface area contributed by atoms with Gasteiger partial charge in [-0.3, -0.25) is 4.57 Å². The van der Waals surface area contributed by atoms with E-state index in [0.29, 0.717) is 11.5 Å². The molecule has 0 amide bonds. The Morgan fingerprint density at radius 3 is 2.58 bits per heavy atom. The lowest BCUT2D eigenvalue weighted by Gasteiger charge is -2.07. The Bertz CT molecular complexity index is 937. The predicted octanol–water partition coefficient (Wildman–Crippen LogP) is 3.63. The number of benzene rings is 1. The van der Waals surface area contributed by atoms with E-state index in [0.717, 1.165) is 0 Å². The Balaban J connectivity index is 1.65. The SMILES string of the molecule is Cc1oc(-n2cccc2)c(C#N)c1C(=O)OCCOc1ccc(F)cc1. The first-order valence-corrected chi connectivity index (χ1v) is 7.82. The zero-order chi connectivity index (χ0) is 18.5. The summed E-state index contributed by atoms with van der Waals surface area (Å²) in [6, 6.07) is 11.1. The molecule has 7 heteroatoms. The fraction of sp³-hybridized carbons (Fsp3) is 0.158. The van der Waals surface area contributed by atoms with Gasteiger partial charge in [0.05, 0.1) is 0 Å². The van der Waals surface area contributed by atoms with Gasteiger partial charge >= 0.3 is 5.97 Å². The van der Waals surface area contributed by atoms with E-state index in [1.54, 1.807) is 36.0 Å². The standard InChI is InChI=1S/C19H15FN2O4/c1-13-17(16(12-21)18(26-13)22-8-2-3-9-22)19(23)25-11-10-24-15-6-4-14(20)5-7-15/h2-9H,10-11H2,1H3. The van der Waals surface area contributed by atoms with Gasteiger partial charge in [0, 0.05) is 12.4 Å². The van der Waals surface area contributed by atoms with Gasteiger partial charge in [-0.25, -0.2) is 9.18 Å². The van der Waals surface area contributed by atoms with E-state index >= 15 is 0 Å². The number of hydrogen-bond donors (Lipinski definition) is 0. The van der Waals surface area contributed by atoms with Crippen LogP contribution in [0.25, 0.3) is 5.88 Å². The van der Waals surface area contributed by atoms with Crippen molar-refractivity contribution in [3.05, 3.63) is 71.5 Å². The molecule has 0 fully saturated rings. The number of carbonyl (C=O) groups is 1. The van der Waals surface area contributed by atoms with Gasteiger partial charge in [0.2, 0.25) is 5.88 Å². The minimum Gasteiger partial charge on any atom is -0.490 e. The van der Waals surface area contributed by atoms with Crippen LogP contribution in [0.5, 0.6) is 5.75 Å². The van der Waals surface area contributed by atoms with E-state index in [1.165, 1.54) is 24.3 Å². The number of aryl methyl sites for hydroxylation is 1. The number of furan rings is 1. The fourth-order valence-corrected chi connectivity index (χ4v) is 2.43. The van der Waals surface area contributed by atoms with Gasteiger partial charge < -0.3 is 13.9 Å². The Labute approximate surface area is 149 Å². The van der Waals surface area contributed by atoms with Gasteiger partial charge in [0.15, 0.2) is 0 Å². The van der Waals surface area contributed by atoms with Crippen LogP contribution in [0.2, 0.25) is 0 Å². The van der Waals surface area contributed by atoms with E-state index in [2.05, 4.69) is 0 Å². The second-order valence-corrected chi connectivity index (χ2v) is 5.35. The summed E-state index contributed by atoms with van der Waals surface area (Å²) in [7, 11) is 0. The third-order valence-electron chi connectivity index (χ3n) is 3.62. The minimum absolute atomic E-state index is 0.0233. The Hall–Kier alpha value is -3.53. The van der Waals surface area contributed by atoms with Crippen molar-refractivity contribution in [1.29, 1.82) is 5.26 Å². The zero-order valence-electron chi connectivity index (χ0n) is 13.9. The molecule has 26 heavy (non-hydrogen) atoms. The molecule has 0 bridgehead atoms. The Morgan fingerprint density at radius 1 is 1.23 bits per heavy atom. The van der Waals surface area contributed by atoms with Crippen LogP contribution in [0, 0.1) is 24.1 Å². The van der Waals surface area contributed by atoms with Gasteiger partial charge in [-0.2, -0.15) is 5.26 Å². The molecule has 132 valence electrons. The monoisotopic (exact) mass is 354 g/mol. The van der Waals surface area contributed by atoms with Crippen LogP contribution in [-0.2, 0) is 4.74 Å². The van der Waals surface area contributed by atoms with Crippen LogP contribution in [-0.4, -0.2) is 23.8 Å². The van der Waals surface area contributed by atoms with Crippen molar-refractivity contribution >= 4 is 5.97 Å². The van der Waals surface area contributed by atoms with E-state index in [1.807, 2.05) is 6.07 Å². The second-order valence-electron chi connectivity index (χ2n) is 5.35. The van der Waals surface area contributed by atoms with Crippen LogP contribution in [0.3, 0.4) is 0 Å². The van der Waals surface area contributed by atoms with Crippen molar-refractivity contribution in [2.45, 2.75) is 6.92 Å². The lowest BCUT2D eigenvalue weighted by molar-refractivity contribution is 0.0448. The molecule has 1 aromatic carbocycles. The lowest BCUT2D eigenvalue weighted by Crippen LogP contribution is -2.13. The summed E-state index contributed by atoms with van der Waals surface area (Å²) in [4.78, 5) is 12.3. The van der Waals surface area contributed by atoms with Crippen LogP contribution in [0.1, 0.15) is 21.7 Å². The first-order chi connectivity index (χ1) is 12.6. The van der Waals surface area contributed by atoms with Crippen molar-refractivity contribution < 1.29 is 23.1 Å². The number of hydrogen-bond acceptors (Lipinski definition) is 5. The molecule has 0 radical (unpaired) electrons. The first-order valence-electron chi connectivity index (χ1n) is 7.82. The Kier molecular flexibility index (Phi) is 5.04. The number of nitriles is 1. The zero-order valence-corrected chi connectivity index (χ0v) is 13.9. The topological polar surface area (TPSA) is 77.4 Å². The maximum atomic E-state index is 12.8. The molecule has 0 aliphatic heterocycles. The number of carbonyl (C=O) groups excluding carboxylic acids is 1. The van der Waals surface area contributed by atoms with Gasteiger partial charge in [0.25, 0.3) is 0 Å². The van der Waals surface area contributed by atoms with E-state index < -0.39 is 5.97 Å². The van der Waals surface area contributed by atoms with Gasteiger partial charge in [-0.1, -0.05) is 0 Å². The maximum absolute atomic E-state index is 12.8. The summed E-state index contributed by atoms with van der Waals surface area (Å²) < 4.78 is 30.5. The molecular weight excluding hydrogens is 339 g/mol. The smallest absolute Gasteiger partial charge is 0.343 e. The number of aromatic nitrogens is 1. The normalized spacial score (nSPS) is 10.3. The van der Waals surface area contributed by atoms with Crippen molar-refractivity contribution in [3.8, 4) is 17.7 Å². The highest BCUT2D eigenvalue weighted by Crippen LogP contribution is 2.26. The molecule has 0 spiro atoms. The van der Waals surface area contributed by atoms with Gasteiger partial charge in [-0.15, -0.1) is 0 Å². The molecule has 0 aliphatic rings. The van der Waals surface area contributed by atoms with Crippen molar-refractivity contribution in [2.75, 3.05) is 13.2 Å². The number of rotatable bonds is 6. The summed E-state index contributed by atoms with van der Waals surface area (Å²) in [5, 5.41) is 9.42. The maximum Gasteiger partial charge on any atom is 0.343 e. The quantitative estimate of drug-likeness (QED) is 0.499. The fourth-order valence-electron chi connectivity index (χ4n) is 2.43. The third-order valence-corrected chi connectivity index (χ3v) is 3.62. The molecule has 0 saturated heterocycles.